The largest absolute Gasteiger partial charge is 0.456 e. The second-order valence-electron chi connectivity index (χ2n) is 13.0. The molecule has 8 aromatic carbocycles. The van der Waals surface area contributed by atoms with E-state index in [4.69, 9.17) is 14.4 Å². The fraction of sp³-hybridized carbons (Fsp3) is 0.0213. The lowest BCUT2D eigenvalue weighted by molar-refractivity contribution is 0.669. The van der Waals surface area contributed by atoms with Gasteiger partial charge in [-0.2, -0.15) is 0 Å². The molecule has 2 heterocycles. The first-order valence-corrected chi connectivity index (χ1v) is 17.3. The number of amidine groups is 2. The molecular formula is C47H31N3O. The fourth-order valence-electron chi connectivity index (χ4n) is 7.54. The maximum Gasteiger partial charge on any atom is 0.159 e. The third-order valence-corrected chi connectivity index (χ3v) is 9.96. The van der Waals surface area contributed by atoms with Crippen molar-refractivity contribution in [3.8, 4) is 22.3 Å². The molecule has 1 unspecified atom stereocenters. The van der Waals surface area contributed by atoms with Gasteiger partial charge in [0, 0.05) is 21.9 Å². The average Bonchev–Trinajstić information content (AvgIpc) is 3.59. The molecule has 4 heteroatoms. The van der Waals surface area contributed by atoms with Gasteiger partial charge < -0.3 is 9.73 Å². The zero-order valence-corrected chi connectivity index (χ0v) is 27.6. The molecule has 0 fully saturated rings. The van der Waals surface area contributed by atoms with Gasteiger partial charge in [0.15, 0.2) is 5.84 Å². The Balaban J connectivity index is 1.11. The number of fused-ring (bicyclic) bond motifs is 5. The second kappa shape index (κ2) is 12.0. The third kappa shape index (κ3) is 5.00. The molecular weight excluding hydrogens is 623 g/mol. The number of furan rings is 1. The van der Waals surface area contributed by atoms with Crippen LogP contribution in [0.1, 0.15) is 22.9 Å². The van der Waals surface area contributed by atoms with Crippen molar-refractivity contribution >= 4 is 55.2 Å². The van der Waals surface area contributed by atoms with Crippen molar-refractivity contribution in [1.29, 1.82) is 0 Å². The number of nitrogens with one attached hydrogen (secondary N) is 1. The maximum atomic E-state index is 6.59. The van der Waals surface area contributed by atoms with Gasteiger partial charge in [-0.3, -0.25) is 0 Å². The molecule has 1 atom stereocenters. The van der Waals surface area contributed by atoms with E-state index in [1.165, 1.54) is 16.3 Å². The Hall–Kier alpha value is -6.78. The Labute approximate surface area is 295 Å². The van der Waals surface area contributed by atoms with E-state index in [1.807, 2.05) is 24.3 Å². The standard InChI is InChI=1S/C47H31N3O/c1-3-14-31(15-4-1)45-48-46(32-16-5-2-6-17-32)50-47(49-45)40-28-27-38(36-20-9-10-21-37(36)40)39-23-12-24-42-44(39)41-26-25-33(29-43(41)51-42)35-22-11-18-30-13-7-8-19-34(30)35/h1-29,45H,(H,48,49,50). The molecule has 0 amide bonds. The normalized spacial score (nSPS) is 14.5. The van der Waals surface area contributed by atoms with Crippen LogP contribution in [-0.4, -0.2) is 11.7 Å². The van der Waals surface area contributed by atoms with Crippen molar-refractivity contribution in [2.45, 2.75) is 6.17 Å². The molecule has 240 valence electrons. The van der Waals surface area contributed by atoms with Gasteiger partial charge in [-0.1, -0.05) is 158 Å². The van der Waals surface area contributed by atoms with Gasteiger partial charge in [-0.05, 0) is 67.6 Å². The van der Waals surface area contributed by atoms with Crippen LogP contribution >= 0.6 is 0 Å². The van der Waals surface area contributed by atoms with E-state index in [-0.39, 0.29) is 6.17 Å². The first kappa shape index (κ1) is 29.2. The molecule has 1 aliphatic rings. The van der Waals surface area contributed by atoms with Crippen LogP contribution in [0.4, 0.5) is 0 Å². The minimum absolute atomic E-state index is 0.267. The van der Waals surface area contributed by atoms with Gasteiger partial charge in [-0.15, -0.1) is 0 Å². The van der Waals surface area contributed by atoms with Gasteiger partial charge in [0.1, 0.15) is 23.2 Å². The Morgan fingerprint density at radius 3 is 1.96 bits per heavy atom. The summed E-state index contributed by atoms with van der Waals surface area (Å²) >= 11 is 0. The van der Waals surface area contributed by atoms with Crippen LogP contribution in [0.3, 0.4) is 0 Å². The van der Waals surface area contributed by atoms with Crippen molar-refractivity contribution in [1.82, 2.24) is 5.32 Å². The first-order valence-electron chi connectivity index (χ1n) is 17.3. The molecule has 51 heavy (non-hydrogen) atoms. The molecule has 0 saturated carbocycles. The van der Waals surface area contributed by atoms with E-state index in [9.17, 15) is 0 Å². The zero-order valence-electron chi connectivity index (χ0n) is 27.6. The Kier molecular flexibility index (Phi) is 6.85. The monoisotopic (exact) mass is 653 g/mol. The lowest BCUT2D eigenvalue weighted by Crippen LogP contribution is -2.33. The van der Waals surface area contributed by atoms with Crippen molar-refractivity contribution in [2.24, 2.45) is 9.98 Å². The molecule has 0 saturated heterocycles. The minimum atomic E-state index is -0.267. The average molecular weight is 654 g/mol. The summed E-state index contributed by atoms with van der Waals surface area (Å²) in [6, 6.07) is 61.6. The van der Waals surface area contributed by atoms with Gasteiger partial charge >= 0.3 is 0 Å². The molecule has 0 bridgehead atoms. The lowest BCUT2D eigenvalue weighted by Gasteiger charge is -2.24. The summed E-state index contributed by atoms with van der Waals surface area (Å²) in [5, 5.41) is 10.6. The fourth-order valence-corrected chi connectivity index (χ4v) is 7.54. The second-order valence-corrected chi connectivity index (χ2v) is 13.0. The molecule has 0 radical (unpaired) electrons. The first-order chi connectivity index (χ1) is 25.3. The summed E-state index contributed by atoms with van der Waals surface area (Å²) in [5.41, 5.74) is 9.48. The van der Waals surface area contributed by atoms with Gasteiger partial charge in [-0.25, -0.2) is 9.98 Å². The van der Waals surface area contributed by atoms with E-state index in [1.54, 1.807) is 0 Å². The van der Waals surface area contributed by atoms with E-state index in [2.05, 4.69) is 157 Å². The highest BCUT2D eigenvalue weighted by atomic mass is 16.3. The predicted octanol–water partition coefficient (Wildman–Crippen LogP) is 11.7. The number of benzene rings is 8. The zero-order chi connectivity index (χ0) is 33.7. The van der Waals surface area contributed by atoms with E-state index < -0.39 is 0 Å². The maximum absolute atomic E-state index is 6.59. The van der Waals surface area contributed by atoms with Crippen LogP contribution in [0, 0.1) is 0 Å². The number of hydrogen-bond donors (Lipinski definition) is 1. The van der Waals surface area contributed by atoms with Gasteiger partial charge in [0.2, 0.25) is 0 Å². The Morgan fingerprint density at radius 1 is 0.451 bits per heavy atom. The molecule has 1 N–H and O–H groups in total. The number of hydrogen-bond acceptors (Lipinski definition) is 4. The highest BCUT2D eigenvalue weighted by molar-refractivity contribution is 6.21. The number of rotatable bonds is 5. The quantitative estimate of drug-likeness (QED) is 0.201. The summed E-state index contributed by atoms with van der Waals surface area (Å²) in [6.07, 6.45) is -0.267. The molecule has 10 rings (SSSR count). The van der Waals surface area contributed by atoms with Crippen LogP contribution in [-0.2, 0) is 0 Å². The third-order valence-electron chi connectivity index (χ3n) is 9.96. The van der Waals surface area contributed by atoms with E-state index >= 15 is 0 Å². The molecule has 0 aliphatic carbocycles. The molecule has 0 spiro atoms. The molecule has 9 aromatic rings. The van der Waals surface area contributed by atoms with Crippen LogP contribution in [0.25, 0.3) is 65.7 Å². The highest BCUT2D eigenvalue weighted by Crippen LogP contribution is 2.41. The number of aliphatic imine (C=N–C) groups is 2. The van der Waals surface area contributed by atoms with Gasteiger partial charge in [0.25, 0.3) is 0 Å². The SMILES string of the molecule is c1ccc(C2=NC(c3ccccc3)NC(c3ccc(-c4cccc5oc6cc(-c7cccc8ccccc78)ccc6c45)c4ccccc34)=N2)cc1. The van der Waals surface area contributed by atoms with E-state index in [0.717, 1.165) is 71.9 Å². The predicted molar refractivity (Wildman–Crippen MR) is 211 cm³/mol. The molecule has 4 nitrogen and oxygen atoms in total. The van der Waals surface area contributed by atoms with Crippen LogP contribution in [0.15, 0.2) is 190 Å². The summed E-state index contributed by atoms with van der Waals surface area (Å²) in [7, 11) is 0. The van der Waals surface area contributed by atoms with Crippen LogP contribution in [0.5, 0.6) is 0 Å². The minimum Gasteiger partial charge on any atom is -0.456 e. The van der Waals surface area contributed by atoms with Crippen LogP contribution < -0.4 is 5.32 Å². The topological polar surface area (TPSA) is 49.9 Å². The lowest BCUT2D eigenvalue weighted by atomic mass is 9.91. The molecule has 1 aromatic heterocycles. The smallest absolute Gasteiger partial charge is 0.159 e. The summed E-state index contributed by atoms with van der Waals surface area (Å²) in [6.45, 7) is 0. The molecule has 1 aliphatic heterocycles. The highest BCUT2D eigenvalue weighted by Gasteiger charge is 2.23. The van der Waals surface area contributed by atoms with E-state index in [0.29, 0.717) is 5.84 Å². The van der Waals surface area contributed by atoms with Gasteiger partial charge in [0.05, 0.1) is 0 Å². The summed E-state index contributed by atoms with van der Waals surface area (Å²) < 4.78 is 6.59. The van der Waals surface area contributed by atoms with Crippen LogP contribution in [0.2, 0.25) is 0 Å². The summed E-state index contributed by atoms with van der Waals surface area (Å²) in [4.78, 5) is 10.2. The van der Waals surface area contributed by atoms with Crippen molar-refractivity contribution in [3.05, 3.63) is 193 Å². The number of nitrogens with zero attached hydrogens (tertiary/aromatic N) is 2. The van der Waals surface area contributed by atoms with Crippen molar-refractivity contribution in [2.75, 3.05) is 0 Å². The Bertz CT molecular complexity index is 2830. The van der Waals surface area contributed by atoms with Crippen molar-refractivity contribution < 1.29 is 4.42 Å². The van der Waals surface area contributed by atoms with Crippen molar-refractivity contribution in [3.63, 3.8) is 0 Å². The summed E-state index contributed by atoms with van der Waals surface area (Å²) in [5.74, 6) is 1.51. The Morgan fingerprint density at radius 2 is 1.12 bits per heavy atom.